The van der Waals surface area contributed by atoms with Crippen molar-refractivity contribution in [1.29, 1.82) is 0 Å². The van der Waals surface area contributed by atoms with Gasteiger partial charge in [0.1, 0.15) is 0 Å². The average Bonchev–Trinajstić information content (AvgIpc) is 2.28. The number of halogens is 5. The number of hydrogen-bond acceptors (Lipinski definition) is 3. The molecule has 0 bridgehead atoms. The third-order valence-corrected chi connectivity index (χ3v) is 2.95. The normalized spacial score (nSPS) is 11.7. The Morgan fingerprint density at radius 3 is 2.20 bits per heavy atom. The summed E-state index contributed by atoms with van der Waals surface area (Å²) in [4.78, 5) is 14.6. The SMILES string of the molecule is Nc1cc(Cl)c(-n2ccc(C(F)(F)F)nc2=O)c(Cl)c1. The van der Waals surface area contributed by atoms with Crippen LogP contribution in [-0.2, 0) is 6.18 Å². The maximum Gasteiger partial charge on any atom is 0.433 e. The van der Waals surface area contributed by atoms with Crippen LogP contribution in [0, 0.1) is 0 Å². The van der Waals surface area contributed by atoms with Crippen LogP contribution in [0.5, 0.6) is 0 Å². The minimum absolute atomic E-state index is 0.0220. The molecule has 0 aliphatic rings. The maximum absolute atomic E-state index is 12.4. The van der Waals surface area contributed by atoms with E-state index in [0.29, 0.717) is 6.07 Å². The quantitative estimate of drug-likeness (QED) is 0.820. The summed E-state index contributed by atoms with van der Waals surface area (Å²) < 4.78 is 38.1. The van der Waals surface area contributed by atoms with E-state index < -0.39 is 17.6 Å². The second kappa shape index (κ2) is 4.99. The van der Waals surface area contributed by atoms with Gasteiger partial charge in [0, 0.05) is 11.9 Å². The maximum atomic E-state index is 12.4. The van der Waals surface area contributed by atoms with Crippen molar-refractivity contribution >= 4 is 28.9 Å². The van der Waals surface area contributed by atoms with Crippen LogP contribution in [-0.4, -0.2) is 9.55 Å². The van der Waals surface area contributed by atoms with Crippen molar-refractivity contribution in [3.63, 3.8) is 0 Å². The van der Waals surface area contributed by atoms with E-state index in [0.717, 1.165) is 10.8 Å². The molecule has 106 valence electrons. The Kier molecular flexibility index (Phi) is 3.66. The second-order valence-electron chi connectivity index (χ2n) is 3.80. The van der Waals surface area contributed by atoms with Gasteiger partial charge in [-0.25, -0.2) is 4.79 Å². The molecule has 0 unspecified atom stereocenters. The van der Waals surface area contributed by atoms with Gasteiger partial charge in [0.2, 0.25) is 0 Å². The molecule has 2 rings (SSSR count). The summed E-state index contributed by atoms with van der Waals surface area (Å²) in [6.07, 6.45) is -3.80. The fraction of sp³-hybridized carbons (Fsp3) is 0.0909. The lowest BCUT2D eigenvalue weighted by Crippen LogP contribution is -2.25. The van der Waals surface area contributed by atoms with Gasteiger partial charge in [-0.05, 0) is 18.2 Å². The Morgan fingerprint density at radius 1 is 1.20 bits per heavy atom. The van der Waals surface area contributed by atoms with E-state index in [2.05, 4.69) is 4.98 Å². The van der Waals surface area contributed by atoms with Crippen LogP contribution < -0.4 is 11.4 Å². The molecule has 0 aliphatic heterocycles. The van der Waals surface area contributed by atoms with Gasteiger partial charge >= 0.3 is 11.9 Å². The standard InChI is InChI=1S/C11H6Cl2F3N3O/c12-6-3-5(17)4-7(13)9(6)19-2-1-8(11(14,15)16)18-10(19)20/h1-4H,17H2. The number of alkyl halides is 3. The third kappa shape index (κ3) is 2.73. The Balaban J connectivity index is 2.64. The molecule has 0 atom stereocenters. The topological polar surface area (TPSA) is 60.9 Å². The van der Waals surface area contributed by atoms with E-state index in [-0.39, 0.29) is 21.4 Å². The molecular weight excluding hydrogens is 318 g/mol. The minimum atomic E-state index is -4.70. The van der Waals surface area contributed by atoms with Crippen molar-refractivity contribution in [2.24, 2.45) is 0 Å². The zero-order valence-electron chi connectivity index (χ0n) is 9.58. The monoisotopic (exact) mass is 323 g/mol. The summed E-state index contributed by atoms with van der Waals surface area (Å²) in [5.41, 5.74) is 3.35. The summed E-state index contributed by atoms with van der Waals surface area (Å²) in [6.45, 7) is 0. The third-order valence-electron chi connectivity index (χ3n) is 2.37. The van der Waals surface area contributed by atoms with Gasteiger partial charge < -0.3 is 5.73 Å². The molecule has 4 nitrogen and oxygen atoms in total. The molecule has 2 N–H and O–H groups in total. The van der Waals surface area contributed by atoms with E-state index in [9.17, 15) is 18.0 Å². The molecule has 1 aromatic carbocycles. The van der Waals surface area contributed by atoms with E-state index in [1.165, 1.54) is 12.1 Å². The van der Waals surface area contributed by atoms with Crippen LogP contribution in [0.1, 0.15) is 5.69 Å². The molecule has 0 saturated carbocycles. The fourth-order valence-corrected chi connectivity index (χ4v) is 2.23. The van der Waals surface area contributed by atoms with Gasteiger partial charge in [-0.15, -0.1) is 0 Å². The van der Waals surface area contributed by atoms with Gasteiger partial charge in [-0.3, -0.25) is 4.57 Å². The lowest BCUT2D eigenvalue weighted by atomic mass is 10.2. The Hall–Kier alpha value is -1.73. The molecule has 0 amide bonds. The summed E-state index contributed by atoms with van der Waals surface area (Å²) >= 11 is 11.8. The first-order valence-electron chi connectivity index (χ1n) is 5.12. The molecule has 2 aromatic rings. The Labute approximate surface area is 120 Å². The lowest BCUT2D eigenvalue weighted by molar-refractivity contribution is -0.141. The van der Waals surface area contributed by atoms with Gasteiger partial charge in [-0.1, -0.05) is 23.2 Å². The highest BCUT2D eigenvalue weighted by molar-refractivity contribution is 6.38. The summed E-state index contributed by atoms with van der Waals surface area (Å²) in [5.74, 6) is 0. The first-order valence-corrected chi connectivity index (χ1v) is 5.87. The van der Waals surface area contributed by atoms with Crippen molar-refractivity contribution in [1.82, 2.24) is 9.55 Å². The van der Waals surface area contributed by atoms with Crippen LogP contribution in [0.25, 0.3) is 5.69 Å². The van der Waals surface area contributed by atoms with Crippen molar-refractivity contribution in [2.45, 2.75) is 6.18 Å². The van der Waals surface area contributed by atoms with Crippen molar-refractivity contribution in [2.75, 3.05) is 5.73 Å². The van der Waals surface area contributed by atoms with Crippen LogP contribution in [0.4, 0.5) is 18.9 Å². The number of aromatic nitrogens is 2. The van der Waals surface area contributed by atoms with E-state index >= 15 is 0 Å². The number of hydrogen-bond donors (Lipinski definition) is 1. The Morgan fingerprint density at radius 2 is 1.75 bits per heavy atom. The highest BCUT2D eigenvalue weighted by atomic mass is 35.5. The van der Waals surface area contributed by atoms with Crippen molar-refractivity contribution < 1.29 is 13.2 Å². The zero-order valence-corrected chi connectivity index (χ0v) is 11.1. The molecule has 0 radical (unpaired) electrons. The van der Waals surface area contributed by atoms with Crippen LogP contribution >= 0.6 is 23.2 Å². The first kappa shape index (κ1) is 14.7. The molecule has 9 heteroatoms. The lowest BCUT2D eigenvalue weighted by Gasteiger charge is -2.11. The van der Waals surface area contributed by atoms with Gasteiger partial charge in [0.25, 0.3) is 0 Å². The molecular formula is C11H6Cl2F3N3O. The smallest absolute Gasteiger partial charge is 0.399 e. The largest absolute Gasteiger partial charge is 0.433 e. The first-order chi connectivity index (χ1) is 9.20. The van der Waals surface area contributed by atoms with E-state index in [1.807, 2.05) is 0 Å². The summed E-state index contributed by atoms with van der Waals surface area (Å²) in [5, 5.41) is 0.0531. The number of nitrogens with zero attached hydrogens (tertiary/aromatic N) is 2. The van der Waals surface area contributed by atoms with Gasteiger partial charge in [0.05, 0.1) is 15.7 Å². The molecule has 0 saturated heterocycles. The van der Waals surface area contributed by atoms with Crippen molar-refractivity contribution in [3.8, 4) is 5.69 Å². The van der Waals surface area contributed by atoms with Gasteiger partial charge in [0.15, 0.2) is 5.69 Å². The Bertz CT molecular complexity index is 705. The number of benzene rings is 1. The van der Waals surface area contributed by atoms with Crippen LogP contribution in [0.3, 0.4) is 0 Å². The average molecular weight is 324 g/mol. The molecule has 1 aromatic heterocycles. The highest BCUT2D eigenvalue weighted by Gasteiger charge is 2.33. The second-order valence-corrected chi connectivity index (χ2v) is 4.61. The number of rotatable bonds is 1. The minimum Gasteiger partial charge on any atom is -0.399 e. The summed E-state index contributed by atoms with van der Waals surface area (Å²) in [6, 6.07) is 3.31. The fourth-order valence-electron chi connectivity index (χ4n) is 1.55. The molecule has 1 heterocycles. The molecule has 0 fully saturated rings. The van der Waals surface area contributed by atoms with E-state index in [1.54, 1.807) is 0 Å². The van der Waals surface area contributed by atoms with Crippen LogP contribution in [0.2, 0.25) is 10.0 Å². The summed E-state index contributed by atoms with van der Waals surface area (Å²) in [7, 11) is 0. The molecule has 0 spiro atoms. The van der Waals surface area contributed by atoms with Crippen molar-refractivity contribution in [3.05, 3.63) is 50.6 Å². The molecule has 0 aliphatic carbocycles. The number of nitrogens with two attached hydrogens (primary N) is 1. The predicted octanol–water partition coefficient (Wildman–Crippen LogP) is 3.14. The predicted molar refractivity (Wildman–Crippen MR) is 69.3 cm³/mol. The number of anilines is 1. The van der Waals surface area contributed by atoms with Gasteiger partial charge in [-0.2, -0.15) is 18.2 Å². The zero-order chi connectivity index (χ0) is 15.1. The van der Waals surface area contributed by atoms with E-state index in [4.69, 9.17) is 28.9 Å². The number of nitrogen functional groups attached to an aromatic ring is 1. The van der Waals surface area contributed by atoms with Crippen LogP contribution in [0.15, 0.2) is 29.2 Å². The molecule has 20 heavy (non-hydrogen) atoms. The highest BCUT2D eigenvalue weighted by Crippen LogP contribution is 2.31.